The smallest absolute Gasteiger partial charge is 0.276 e. The Morgan fingerprint density at radius 3 is 2.63 bits per heavy atom. The highest BCUT2D eigenvalue weighted by molar-refractivity contribution is 6.34. The van der Waals surface area contributed by atoms with Crippen molar-refractivity contribution in [2.45, 2.75) is 19.8 Å². The molecule has 3 heterocycles. The lowest BCUT2D eigenvalue weighted by atomic mass is 9.93. The van der Waals surface area contributed by atoms with Gasteiger partial charge in [0, 0.05) is 56.7 Å². The molecule has 41 heavy (non-hydrogen) atoms. The molecule has 0 saturated carbocycles. The number of hydrogen-bond donors (Lipinski definition) is 2. The van der Waals surface area contributed by atoms with E-state index in [1.54, 1.807) is 17.9 Å². The number of aryl methyl sites for hydroxylation is 3. The first kappa shape index (κ1) is 27.0. The molecule has 1 saturated heterocycles. The second kappa shape index (κ2) is 11.0. The highest BCUT2D eigenvalue weighted by atomic mass is 35.5. The normalized spacial score (nSPS) is 14.8. The topological polar surface area (TPSA) is 100 Å². The molecule has 0 spiro atoms. The molecule has 0 bridgehead atoms. The van der Waals surface area contributed by atoms with Gasteiger partial charge in [0.05, 0.1) is 34.9 Å². The zero-order valence-electron chi connectivity index (χ0n) is 23.7. The molecule has 2 aliphatic rings. The fraction of sp³-hybridized carbons (Fsp3) is 0.333. The van der Waals surface area contributed by atoms with Gasteiger partial charge in [0.25, 0.3) is 5.91 Å². The number of hydrogen-bond acceptors (Lipinski definition) is 8. The molecule has 2 aromatic carbocycles. The van der Waals surface area contributed by atoms with Crippen molar-refractivity contribution >= 4 is 40.5 Å². The largest absolute Gasteiger partial charge is 0.494 e. The van der Waals surface area contributed by atoms with Crippen molar-refractivity contribution in [1.29, 1.82) is 0 Å². The molecular weight excluding hydrogens is 540 g/mol. The number of anilines is 4. The van der Waals surface area contributed by atoms with Gasteiger partial charge in [-0.05, 0) is 56.1 Å². The van der Waals surface area contributed by atoms with E-state index in [2.05, 4.69) is 49.7 Å². The summed E-state index contributed by atoms with van der Waals surface area (Å²) in [6.07, 6.45) is 3.22. The van der Waals surface area contributed by atoms with Gasteiger partial charge in [0.2, 0.25) is 5.95 Å². The van der Waals surface area contributed by atoms with E-state index >= 15 is 0 Å². The molecule has 0 radical (unpaired) electrons. The highest BCUT2D eigenvalue weighted by Gasteiger charge is 2.29. The van der Waals surface area contributed by atoms with E-state index in [9.17, 15) is 4.79 Å². The summed E-state index contributed by atoms with van der Waals surface area (Å²) >= 11 is 6.36. The average Bonchev–Trinajstić information content (AvgIpc) is 3.32. The second-order valence-electron chi connectivity index (χ2n) is 10.6. The van der Waals surface area contributed by atoms with Gasteiger partial charge in [-0.15, -0.1) is 0 Å². The number of nitrogens with zero attached hydrogens (tertiary/aromatic N) is 6. The molecule has 10 nitrogen and oxygen atoms in total. The Morgan fingerprint density at radius 2 is 1.88 bits per heavy atom. The first-order valence-electron chi connectivity index (χ1n) is 13.7. The number of halogens is 1. The molecule has 0 atom stereocenters. The molecule has 4 aromatic rings. The van der Waals surface area contributed by atoms with E-state index in [4.69, 9.17) is 21.3 Å². The molecule has 1 fully saturated rings. The third kappa shape index (κ3) is 5.20. The van der Waals surface area contributed by atoms with Crippen LogP contribution in [0.2, 0.25) is 5.02 Å². The maximum atomic E-state index is 13.3. The van der Waals surface area contributed by atoms with Crippen LogP contribution in [-0.4, -0.2) is 70.9 Å². The van der Waals surface area contributed by atoms with Gasteiger partial charge in [0.1, 0.15) is 5.75 Å². The summed E-state index contributed by atoms with van der Waals surface area (Å²) in [5, 5.41) is 11.4. The Kier molecular flexibility index (Phi) is 7.27. The van der Waals surface area contributed by atoms with Crippen LogP contribution in [0.1, 0.15) is 27.2 Å². The van der Waals surface area contributed by atoms with Crippen LogP contribution < -0.4 is 20.3 Å². The zero-order chi connectivity index (χ0) is 28.7. The summed E-state index contributed by atoms with van der Waals surface area (Å²) in [4.78, 5) is 27.5. The van der Waals surface area contributed by atoms with Gasteiger partial charge < -0.3 is 25.2 Å². The minimum Gasteiger partial charge on any atom is -0.494 e. The maximum absolute atomic E-state index is 13.3. The summed E-state index contributed by atoms with van der Waals surface area (Å²) in [6.45, 7) is 5.93. The van der Waals surface area contributed by atoms with Crippen LogP contribution in [0.5, 0.6) is 5.75 Å². The zero-order valence-corrected chi connectivity index (χ0v) is 24.4. The van der Waals surface area contributed by atoms with Crippen LogP contribution in [0, 0.1) is 6.92 Å². The number of nitrogens with one attached hydrogen (secondary N) is 2. The van der Waals surface area contributed by atoms with E-state index in [-0.39, 0.29) is 5.91 Å². The lowest BCUT2D eigenvalue weighted by Crippen LogP contribution is -2.44. The number of ether oxygens (including phenoxy) is 1. The van der Waals surface area contributed by atoms with E-state index in [0.29, 0.717) is 35.2 Å². The second-order valence-corrected chi connectivity index (χ2v) is 11.0. The predicted octanol–water partition coefficient (Wildman–Crippen LogP) is 4.69. The number of amides is 1. The van der Waals surface area contributed by atoms with Crippen molar-refractivity contribution < 1.29 is 9.53 Å². The monoisotopic (exact) mass is 572 g/mol. The quantitative estimate of drug-likeness (QED) is 0.343. The van der Waals surface area contributed by atoms with Gasteiger partial charge in [0.15, 0.2) is 5.69 Å². The molecule has 0 unspecified atom stereocenters. The summed E-state index contributed by atoms with van der Waals surface area (Å²) in [5.74, 6) is 0.873. The molecule has 1 amide bonds. The third-order valence-corrected chi connectivity index (χ3v) is 8.17. The molecule has 1 aliphatic carbocycles. The van der Waals surface area contributed by atoms with Gasteiger partial charge >= 0.3 is 0 Å². The third-order valence-electron chi connectivity index (χ3n) is 7.85. The first-order chi connectivity index (χ1) is 19.8. The highest BCUT2D eigenvalue weighted by Crippen LogP contribution is 2.36. The minimum atomic E-state index is -0.293. The molecule has 2 N–H and O–H groups in total. The number of carbonyl (C=O) groups excluding carboxylic acids is 1. The molecule has 2 aromatic heterocycles. The maximum Gasteiger partial charge on any atom is 0.276 e. The van der Waals surface area contributed by atoms with Crippen molar-refractivity contribution in [3.05, 3.63) is 70.0 Å². The Bertz CT molecular complexity index is 1610. The van der Waals surface area contributed by atoms with Gasteiger partial charge in [-0.1, -0.05) is 23.7 Å². The van der Waals surface area contributed by atoms with Crippen LogP contribution >= 0.6 is 11.6 Å². The van der Waals surface area contributed by atoms with Gasteiger partial charge in [-0.25, -0.2) is 9.97 Å². The lowest BCUT2D eigenvalue weighted by Gasteiger charge is -2.34. The van der Waals surface area contributed by atoms with E-state index in [1.165, 1.54) is 0 Å². The summed E-state index contributed by atoms with van der Waals surface area (Å²) in [7, 11) is 5.65. The van der Waals surface area contributed by atoms with Crippen molar-refractivity contribution in [2.24, 2.45) is 7.05 Å². The van der Waals surface area contributed by atoms with Crippen LogP contribution in [0.25, 0.3) is 11.4 Å². The van der Waals surface area contributed by atoms with Crippen LogP contribution in [0.3, 0.4) is 0 Å². The van der Waals surface area contributed by atoms with Crippen molar-refractivity contribution in [3.8, 4) is 17.1 Å². The number of fused-ring (bicyclic) bond motifs is 3. The SMILES string of the molecule is COc1cc(N2CCN(C)CC2)ccc1Nc1ncc2c(n1)-c1c(c(C(=O)Nc3c(C)cccc3Cl)nn1C)CC2. The number of carbonyl (C=O) groups is 1. The number of piperazine rings is 1. The van der Waals surface area contributed by atoms with Crippen LogP contribution in [0.15, 0.2) is 42.6 Å². The van der Waals surface area contributed by atoms with Crippen LogP contribution in [-0.2, 0) is 19.9 Å². The molecule has 212 valence electrons. The Labute approximate surface area is 244 Å². The molecule has 6 rings (SSSR count). The van der Waals surface area contributed by atoms with E-state index in [1.807, 2.05) is 38.4 Å². The summed E-state index contributed by atoms with van der Waals surface area (Å²) in [6, 6.07) is 11.7. The summed E-state index contributed by atoms with van der Waals surface area (Å²) in [5.41, 5.74) is 7.22. The number of para-hydroxylation sites is 1. The predicted molar refractivity (Wildman–Crippen MR) is 162 cm³/mol. The fourth-order valence-corrected chi connectivity index (χ4v) is 5.79. The average molecular weight is 573 g/mol. The van der Waals surface area contributed by atoms with Gasteiger partial charge in [-0.2, -0.15) is 5.10 Å². The summed E-state index contributed by atoms with van der Waals surface area (Å²) < 4.78 is 7.46. The molecule has 1 aliphatic heterocycles. The van der Waals surface area contributed by atoms with Crippen molar-refractivity contribution in [3.63, 3.8) is 0 Å². The number of rotatable bonds is 6. The Balaban J connectivity index is 1.27. The number of aromatic nitrogens is 4. The standard InChI is InChI=1S/C30H33ClN8O2/c1-18-6-5-7-22(31)25(18)34-29(40)27-21-10-8-19-17-32-30(35-26(19)28(21)38(3)36-27)33-23-11-9-20(16-24(23)41-4)39-14-12-37(2)13-15-39/h5-7,9,11,16-17H,8,10,12-15H2,1-4H3,(H,34,40)(H,32,33,35). The fourth-order valence-electron chi connectivity index (χ4n) is 5.53. The number of benzene rings is 2. The first-order valence-corrected chi connectivity index (χ1v) is 14.1. The lowest BCUT2D eigenvalue weighted by molar-refractivity contribution is 0.102. The number of methoxy groups -OCH3 is 1. The van der Waals surface area contributed by atoms with Crippen molar-refractivity contribution in [2.75, 3.05) is 55.9 Å². The Hall–Kier alpha value is -4.15. The molecule has 11 heteroatoms. The van der Waals surface area contributed by atoms with E-state index in [0.717, 1.165) is 71.4 Å². The number of likely N-dealkylation sites (N-methyl/N-ethyl adjacent to an activating group) is 1. The van der Waals surface area contributed by atoms with Gasteiger partial charge in [-0.3, -0.25) is 9.48 Å². The Morgan fingerprint density at radius 1 is 1.07 bits per heavy atom. The van der Waals surface area contributed by atoms with E-state index < -0.39 is 0 Å². The van der Waals surface area contributed by atoms with Crippen molar-refractivity contribution in [1.82, 2.24) is 24.6 Å². The molecular formula is C30H33ClN8O2. The van der Waals surface area contributed by atoms with Crippen LogP contribution in [0.4, 0.5) is 23.0 Å². The minimum absolute atomic E-state index is 0.293.